The predicted octanol–water partition coefficient (Wildman–Crippen LogP) is -2.20. The fraction of sp³-hybridized carbons (Fsp3) is 0.922. The second kappa shape index (κ2) is 22.3. The van der Waals surface area contributed by atoms with Crippen molar-refractivity contribution >= 4 is 0 Å². The van der Waals surface area contributed by atoms with Crippen molar-refractivity contribution in [3.05, 3.63) is 23.5 Å². The molecule has 0 radical (unpaired) electrons. The number of ether oxygens (including phenoxy) is 9. The van der Waals surface area contributed by atoms with Crippen molar-refractivity contribution in [2.45, 2.75) is 221 Å². The zero-order chi connectivity index (χ0) is 52.6. The number of fused-ring (bicyclic) bond motifs is 7. The molecule has 0 aromatic heterocycles. The number of hydrogen-bond donors (Lipinski definition) is 13. The Morgan fingerprint density at radius 1 is 0.644 bits per heavy atom. The quantitative estimate of drug-likeness (QED) is 0.0821. The fourth-order valence-electron chi connectivity index (χ4n) is 14.6. The molecular weight excluding hydrogens is 965 g/mol. The van der Waals surface area contributed by atoms with Crippen molar-refractivity contribution in [1.82, 2.24) is 0 Å². The van der Waals surface area contributed by atoms with Gasteiger partial charge in [0.25, 0.3) is 0 Å². The summed E-state index contributed by atoms with van der Waals surface area (Å²) in [6.45, 7) is 8.83. The molecule has 22 heteroatoms. The van der Waals surface area contributed by atoms with Gasteiger partial charge >= 0.3 is 0 Å². The maximum absolute atomic E-state index is 12.0. The van der Waals surface area contributed by atoms with E-state index in [-0.39, 0.29) is 35.4 Å². The average Bonchev–Trinajstić information content (AvgIpc) is 3.86. The third kappa shape index (κ3) is 10.2. The standard InChI is InChI=1S/C51H82O22/c1-20(19-65-46-40(61)38(59)35(56)30(16-52)69-46)6-9-28-21(2)33-29(68-28)15-27-25-8-7-23-14-24(10-12-50(23,4)26(25)11-13-51(27,33)5)67-49-45(73-47-41(62)37(58)34(55)22(3)66-47)43(64)44(32(18-54)71-49)72-48-42(63)39(60)36(57)31(17-53)70-48/h7,9,20-22,24-27,29-49,52-64H,6,8,10-19H2,1-5H3. The highest BCUT2D eigenvalue weighted by atomic mass is 16.8. The zero-order valence-corrected chi connectivity index (χ0v) is 42.3. The second-order valence-corrected chi connectivity index (χ2v) is 23.3. The Morgan fingerprint density at radius 3 is 1.89 bits per heavy atom. The van der Waals surface area contributed by atoms with E-state index in [0.717, 1.165) is 37.9 Å². The van der Waals surface area contributed by atoms with E-state index < -0.39 is 149 Å². The van der Waals surface area contributed by atoms with Crippen LogP contribution >= 0.6 is 0 Å². The molecule has 9 rings (SSSR count). The molecule has 9 aliphatic rings. The number of aliphatic hydroxyl groups excluding tert-OH is 13. The van der Waals surface area contributed by atoms with Crippen LogP contribution in [-0.4, -0.2) is 228 Å². The number of rotatable bonds is 14. The normalized spacial score (nSPS) is 53.9. The molecule has 5 heterocycles. The molecule has 0 amide bonds. The van der Waals surface area contributed by atoms with Gasteiger partial charge in [-0.2, -0.15) is 0 Å². The van der Waals surface area contributed by atoms with Crippen LogP contribution in [0, 0.1) is 46.3 Å². The lowest BCUT2D eigenvalue weighted by atomic mass is 9.47. The molecule has 0 spiro atoms. The SMILES string of the molecule is CC(CC=C1OC2CC3C4CC=C5CC(OC6OC(CO)C(OC7OC(CO)C(O)C(O)C7O)C(O)C6OC6OC(C)C(O)C(O)C6O)CCC5(C)C4CCC3(C)C2C1C)COC1OC(CO)C(O)C(O)C1O. The topological polar surface area (TPSA) is 346 Å². The zero-order valence-electron chi connectivity index (χ0n) is 42.3. The van der Waals surface area contributed by atoms with E-state index in [1.165, 1.54) is 12.5 Å². The van der Waals surface area contributed by atoms with Gasteiger partial charge in [-0.1, -0.05) is 39.3 Å². The Morgan fingerprint density at radius 2 is 1.23 bits per heavy atom. The van der Waals surface area contributed by atoms with Crippen LogP contribution in [0.4, 0.5) is 0 Å². The highest BCUT2D eigenvalue weighted by Gasteiger charge is 2.65. The third-order valence-electron chi connectivity index (χ3n) is 18.9. The van der Waals surface area contributed by atoms with Crippen LogP contribution in [0.2, 0.25) is 0 Å². The number of hydrogen-bond acceptors (Lipinski definition) is 22. The largest absolute Gasteiger partial charge is 0.494 e. The van der Waals surface area contributed by atoms with Crippen LogP contribution in [0.15, 0.2) is 23.5 Å². The smallest absolute Gasteiger partial charge is 0.187 e. The summed E-state index contributed by atoms with van der Waals surface area (Å²) < 4.78 is 54.6. The summed E-state index contributed by atoms with van der Waals surface area (Å²) in [6, 6.07) is 0. The monoisotopic (exact) mass is 1050 g/mol. The Hall–Kier alpha value is -1.56. The lowest BCUT2D eigenvalue weighted by molar-refractivity contribution is -0.389. The first-order valence-electron chi connectivity index (χ1n) is 26.5. The van der Waals surface area contributed by atoms with E-state index in [4.69, 9.17) is 42.6 Å². The molecule has 5 saturated heterocycles. The maximum Gasteiger partial charge on any atom is 0.187 e. The highest BCUT2D eigenvalue weighted by molar-refractivity contribution is 5.27. The van der Waals surface area contributed by atoms with Gasteiger partial charge in [-0.3, -0.25) is 0 Å². The van der Waals surface area contributed by atoms with Crippen LogP contribution in [-0.2, 0) is 42.6 Å². The Kier molecular flexibility index (Phi) is 17.2. The molecule has 13 N–H and O–H groups in total. The second-order valence-electron chi connectivity index (χ2n) is 23.3. The van der Waals surface area contributed by atoms with E-state index in [2.05, 4.69) is 32.9 Å². The van der Waals surface area contributed by atoms with Gasteiger partial charge in [0.1, 0.15) is 97.7 Å². The van der Waals surface area contributed by atoms with Crippen molar-refractivity contribution in [2.75, 3.05) is 26.4 Å². The van der Waals surface area contributed by atoms with Crippen molar-refractivity contribution in [1.29, 1.82) is 0 Å². The van der Waals surface area contributed by atoms with Gasteiger partial charge < -0.3 is 109 Å². The van der Waals surface area contributed by atoms with Crippen LogP contribution in [0.25, 0.3) is 0 Å². The summed E-state index contributed by atoms with van der Waals surface area (Å²) in [5.41, 5.74) is 1.24. The minimum atomic E-state index is -1.84. The predicted molar refractivity (Wildman–Crippen MR) is 249 cm³/mol. The highest BCUT2D eigenvalue weighted by Crippen LogP contribution is 2.69. The van der Waals surface area contributed by atoms with Crippen LogP contribution in [0.3, 0.4) is 0 Å². The average molecular weight is 1050 g/mol. The minimum Gasteiger partial charge on any atom is -0.494 e. The summed E-state index contributed by atoms with van der Waals surface area (Å²) in [6.07, 6.45) is -19.2. The third-order valence-corrected chi connectivity index (χ3v) is 18.9. The first kappa shape index (κ1) is 56.2. The van der Waals surface area contributed by atoms with E-state index in [1.54, 1.807) is 0 Å². The molecule has 0 aromatic carbocycles. The van der Waals surface area contributed by atoms with Crippen LogP contribution in [0.1, 0.15) is 86.0 Å². The van der Waals surface area contributed by atoms with E-state index in [9.17, 15) is 66.4 Å². The van der Waals surface area contributed by atoms with Crippen molar-refractivity contribution in [2.24, 2.45) is 46.3 Å². The number of allylic oxidation sites excluding steroid dienone is 3. The Balaban J connectivity index is 0.852. The molecule has 418 valence electrons. The van der Waals surface area contributed by atoms with E-state index in [0.29, 0.717) is 42.9 Å². The van der Waals surface area contributed by atoms with Gasteiger partial charge in [0.15, 0.2) is 25.2 Å². The molecule has 73 heavy (non-hydrogen) atoms. The van der Waals surface area contributed by atoms with Crippen molar-refractivity contribution in [3.63, 3.8) is 0 Å². The van der Waals surface area contributed by atoms with E-state index >= 15 is 0 Å². The van der Waals surface area contributed by atoms with Crippen LogP contribution in [0.5, 0.6) is 0 Å². The molecule has 0 bridgehead atoms. The summed E-state index contributed by atoms with van der Waals surface area (Å²) in [4.78, 5) is 0. The van der Waals surface area contributed by atoms with Gasteiger partial charge in [-0.25, -0.2) is 0 Å². The summed E-state index contributed by atoms with van der Waals surface area (Å²) in [5, 5.41) is 136. The Bertz CT molecular complexity index is 1930. The molecule has 30 atom stereocenters. The molecule has 22 nitrogen and oxygen atoms in total. The molecule has 8 fully saturated rings. The molecular formula is C51H82O22. The summed E-state index contributed by atoms with van der Waals surface area (Å²) in [7, 11) is 0. The Labute approximate surface area is 425 Å². The molecule has 5 aliphatic heterocycles. The summed E-state index contributed by atoms with van der Waals surface area (Å²) in [5.74, 6) is 2.93. The van der Waals surface area contributed by atoms with Gasteiger partial charge in [0.05, 0.1) is 44.4 Å². The molecule has 4 aliphatic carbocycles. The van der Waals surface area contributed by atoms with Gasteiger partial charge in [-0.05, 0) is 98.9 Å². The van der Waals surface area contributed by atoms with Gasteiger partial charge in [0, 0.05) is 11.8 Å². The first-order valence-corrected chi connectivity index (χ1v) is 26.5. The molecule has 3 saturated carbocycles. The maximum atomic E-state index is 12.0. The minimum absolute atomic E-state index is 0.0216. The van der Waals surface area contributed by atoms with Gasteiger partial charge in [-0.15, -0.1) is 0 Å². The lowest BCUT2D eigenvalue weighted by Crippen LogP contribution is -2.67. The summed E-state index contributed by atoms with van der Waals surface area (Å²) >= 11 is 0. The first-order chi connectivity index (χ1) is 34.6. The van der Waals surface area contributed by atoms with Gasteiger partial charge in [0.2, 0.25) is 0 Å². The fourth-order valence-corrected chi connectivity index (χ4v) is 14.6. The van der Waals surface area contributed by atoms with Crippen molar-refractivity contribution < 1.29 is 109 Å². The van der Waals surface area contributed by atoms with Crippen LogP contribution < -0.4 is 0 Å². The number of aliphatic hydroxyl groups is 13. The van der Waals surface area contributed by atoms with Crippen molar-refractivity contribution in [3.8, 4) is 0 Å². The molecule has 30 unspecified atom stereocenters. The molecule has 0 aromatic rings. The van der Waals surface area contributed by atoms with E-state index in [1.807, 2.05) is 6.92 Å². The lowest BCUT2D eigenvalue weighted by Gasteiger charge is -2.58.